The summed E-state index contributed by atoms with van der Waals surface area (Å²) >= 11 is 0. The van der Waals surface area contributed by atoms with Gasteiger partial charge < -0.3 is 10.5 Å². The lowest BCUT2D eigenvalue weighted by Crippen LogP contribution is -2.37. The molecule has 66 valence electrons. The van der Waals surface area contributed by atoms with Crippen LogP contribution in [0.2, 0.25) is 0 Å². The third-order valence-corrected chi connectivity index (χ3v) is 1.86. The molecule has 0 amide bonds. The van der Waals surface area contributed by atoms with E-state index in [0.717, 1.165) is 39.3 Å². The fourth-order valence-electron chi connectivity index (χ4n) is 1.39. The second-order valence-corrected chi connectivity index (χ2v) is 3.24. The molecule has 1 aliphatic heterocycles. The van der Waals surface area contributed by atoms with E-state index in [9.17, 15) is 0 Å². The first-order chi connectivity index (χ1) is 5.29. The molecule has 0 aromatic rings. The molecule has 1 rings (SSSR count). The van der Waals surface area contributed by atoms with Crippen molar-refractivity contribution in [2.75, 3.05) is 32.8 Å². The molecule has 1 fully saturated rings. The lowest BCUT2D eigenvalue weighted by Gasteiger charge is -2.20. The molecular formula is C8H18N2O. The Balaban J connectivity index is 2.20. The Labute approximate surface area is 68.5 Å². The van der Waals surface area contributed by atoms with Gasteiger partial charge in [-0.1, -0.05) is 0 Å². The molecule has 3 heteroatoms. The van der Waals surface area contributed by atoms with E-state index in [0.29, 0.717) is 0 Å². The average molecular weight is 158 g/mol. The first-order valence-corrected chi connectivity index (χ1v) is 4.34. The molecule has 2 N–H and O–H groups in total. The van der Waals surface area contributed by atoms with E-state index in [-0.39, 0.29) is 6.04 Å². The van der Waals surface area contributed by atoms with Gasteiger partial charge in [-0.15, -0.1) is 0 Å². The average Bonchev–Trinajstić information content (AvgIpc) is 2.14. The topological polar surface area (TPSA) is 38.5 Å². The van der Waals surface area contributed by atoms with E-state index in [2.05, 4.69) is 4.90 Å². The van der Waals surface area contributed by atoms with Crippen LogP contribution in [0, 0.1) is 0 Å². The van der Waals surface area contributed by atoms with E-state index < -0.39 is 0 Å². The first kappa shape index (κ1) is 8.97. The standard InChI is InChI=1S/C8H18N2O/c1-8(9)7-10-3-2-5-11-6-4-10/h8H,2-7,9H2,1H3/t8-/m1/s1. The summed E-state index contributed by atoms with van der Waals surface area (Å²) in [6, 6.07) is 0.285. The molecule has 0 unspecified atom stereocenters. The number of ether oxygens (including phenoxy) is 1. The molecule has 0 spiro atoms. The van der Waals surface area contributed by atoms with Crippen molar-refractivity contribution in [1.82, 2.24) is 4.90 Å². The van der Waals surface area contributed by atoms with Gasteiger partial charge in [0.25, 0.3) is 0 Å². The minimum absolute atomic E-state index is 0.285. The Kier molecular flexibility index (Phi) is 3.83. The summed E-state index contributed by atoms with van der Waals surface area (Å²) in [5.74, 6) is 0. The fraction of sp³-hybridized carbons (Fsp3) is 1.00. The van der Waals surface area contributed by atoms with Gasteiger partial charge in [0.2, 0.25) is 0 Å². The summed E-state index contributed by atoms with van der Waals surface area (Å²) in [6.07, 6.45) is 1.15. The minimum Gasteiger partial charge on any atom is -0.380 e. The van der Waals surface area contributed by atoms with E-state index >= 15 is 0 Å². The molecule has 0 bridgehead atoms. The maximum absolute atomic E-state index is 5.69. The molecule has 1 atom stereocenters. The van der Waals surface area contributed by atoms with Gasteiger partial charge in [0, 0.05) is 32.3 Å². The van der Waals surface area contributed by atoms with Gasteiger partial charge in [0.15, 0.2) is 0 Å². The second-order valence-electron chi connectivity index (χ2n) is 3.24. The van der Waals surface area contributed by atoms with Crippen LogP contribution < -0.4 is 5.73 Å². The predicted octanol–water partition coefficient (Wildman–Crippen LogP) is 0.0559. The smallest absolute Gasteiger partial charge is 0.0593 e. The van der Waals surface area contributed by atoms with Gasteiger partial charge in [-0.05, 0) is 13.3 Å². The first-order valence-electron chi connectivity index (χ1n) is 4.34. The molecule has 11 heavy (non-hydrogen) atoms. The Morgan fingerprint density at radius 2 is 2.27 bits per heavy atom. The van der Waals surface area contributed by atoms with Crippen molar-refractivity contribution in [2.45, 2.75) is 19.4 Å². The van der Waals surface area contributed by atoms with Crippen LogP contribution in [0.3, 0.4) is 0 Å². The second kappa shape index (κ2) is 4.70. The van der Waals surface area contributed by atoms with Crippen molar-refractivity contribution in [1.29, 1.82) is 0 Å². The van der Waals surface area contributed by atoms with Crippen LogP contribution in [-0.2, 0) is 4.74 Å². The largest absolute Gasteiger partial charge is 0.380 e. The van der Waals surface area contributed by atoms with E-state index in [1.807, 2.05) is 6.92 Å². The SMILES string of the molecule is C[C@@H](N)CN1CCCOCC1. The van der Waals surface area contributed by atoms with Gasteiger partial charge >= 0.3 is 0 Å². The van der Waals surface area contributed by atoms with Crippen molar-refractivity contribution in [3.05, 3.63) is 0 Å². The summed E-state index contributed by atoms with van der Waals surface area (Å²) in [5, 5.41) is 0. The third kappa shape index (κ3) is 3.70. The van der Waals surface area contributed by atoms with E-state index in [1.54, 1.807) is 0 Å². The zero-order valence-electron chi connectivity index (χ0n) is 7.25. The molecule has 0 saturated carbocycles. The lowest BCUT2D eigenvalue weighted by molar-refractivity contribution is 0.140. The predicted molar refractivity (Wildman–Crippen MR) is 45.5 cm³/mol. The van der Waals surface area contributed by atoms with Gasteiger partial charge in [-0.3, -0.25) is 4.90 Å². The Bertz CT molecular complexity index is 98.3. The molecule has 0 aliphatic carbocycles. The molecule has 0 aromatic carbocycles. The molecule has 0 radical (unpaired) electrons. The molecule has 1 saturated heterocycles. The van der Waals surface area contributed by atoms with Crippen molar-refractivity contribution in [3.8, 4) is 0 Å². The van der Waals surface area contributed by atoms with Crippen LogP contribution in [0.5, 0.6) is 0 Å². The molecular weight excluding hydrogens is 140 g/mol. The van der Waals surface area contributed by atoms with Gasteiger partial charge in [-0.2, -0.15) is 0 Å². The number of hydrogen-bond donors (Lipinski definition) is 1. The number of nitrogens with zero attached hydrogens (tertiary/aromatic N) is 1. The van der Waals surface area contributed by atoms with Crippen molar-refractivity contribution < 1.29 is 4.74 Å². The summed E-state index contributed by atoms with van der Waals surface area (Å²) in [6.45, 7) is 7.01. The monoisotopic (exact) mass is 158 g/mol. The molecule has 0 aromatic heterocycles. The minimum atomic E-state index is 0.285. The van der Waals surface area contributed by atoms with Crippen LogP contribution in [0.15, 0.2) is 0 Å². The Morgan fingerprint density at radius 3 is 3.00 bits per heavy atom. The number of nitrogens with two attached hydrogens (primary N) is 1. The highest BCUT2D eigenvalue weighted by Crippen LogP contribution is 1.98. The molecule has 1 heterocycles. The molecule has 3 nitrogen and oxygen atoms in total. The summed E-state index contributed by atoms with van der Waals surface area (Å²) in [7, 11) is 0. The molecule has 1 aliphatic rings. The fourth-order valence-corrected chi connectivity index (χ4v) is 1.39. The zero-order chi connectivity index (χ0) is 8.10. The van der Waals surface area contributed by atoms with Crippen LogP contribution >= 0.6 is 0 Å². The van der Waals surface area contributed by atoms with Gasteiger partial charge in [0.05, 0.1) is 6.61 Å². The Morgan fingerprint density at radius 1 is 1.45 bits per heavy atom. The van der Waals surface area contributed by atoms with Gasteiger partial charge in [-0.25, -0.2) is 0 Å². The highest BCUT2D eigenvalue weighted by atomic mass is 16.5. The van der Waals surface area contributed by atoms with Crippen LogP contribution in [0.25, 0.3) is 0 Å². The van der Waals surface area contributed by atoms with Crippen molar-refractivity contribution in [2.24, 2.45) is 5.73 Å². The third-order valence-electron chi connectivity index (χ3n) is 1.86. The van der Waals surface area contributed by atoms with E-state index in [4.69, 9.17) is 10.5 Å². The lowest BCUT2D eigenvalue weighted by atomic mass is 10.3. The van der Waals surface area contributed by atoms with Gasteiger partial charge in [0.1, 0.15) is 0 Å². The highest BCUT2D eigenvalue weighted by molar-refractivity contribution is 4.65. The normalized spacial score (nSPS) is 24.5. The van der Waals surface area contributed by atoms with Crippen molar-refractivity contribution >= 4 is 0 Å². The van der Waals surface area contributed by atoms with E-state index in [1.165, 1.54) is 0 Å². The zero-order valence-corrected chi connectivity index (χ0v) is 7.25. The quantitative estimate of drug-likeness (QED) is 0.617. The maximum atomic E-state index is 5.69. The summed E-state index contributed by atoms with van der Waals surface area (Å²) < 4.78 is 5.32. The van der Waals surface area contributed by atoms with Crippen molar-refractivity contribution in [3.63, 3.8) is 0 Å². The number of hydrogen-bond acceptors (Lipinski definition) is 3. The summed E-state index contributed by atoms with van der Waals surface area (Å²) in [5.41, 5.74) is 5.69. The Hall–Kier alpha value is -0.120. The maximum Gasteiger partial charge on any atom is 0.0593 e. The van der Waals surface area contributed by atoms with Crippen LogP contribution in [0.1, 0.15) is 13.3 Å². The number of rotatable bonds is 2. The summed E-state index contributed by atoms with van der Waals surface area (Å²) in [4.78, 5) is 2.37. The highest BCUT2D eigenvalue weighted by Gasteiger charge is 2.09. The van der Waals surface area contributed by atoms with Crippen LogP contribution in [-0.4, -0.2) is 43.8 Å². The van der Waals surface area contributed by atoms with Crippen LogP contribution in [0.4, 0.5) is 0 Å².